The van der Waals surface area contributed by atoms with Gasteiger partial charge in [0.1, 0.15) is 6.04 Å². The van der Waals surface area contributed by atoms with E-state index < -0.39 is 0 Å². The Labute approximate surface area is 149 Å². The number of rotatable bonds is 4. The van der Waals surface area contributed by atoms with Crippen LogP contribution >= 0.6 is 0 Å². The zero-order valence-corrected chi connectivity index (χ0v) is 14.0. The van der Waals surface area contributed by atoms with E-state index in [0.717, 1.165) is 16.8 Å². The quantitative estimate of drug-likeness (QED) is 0.617. The molecule has 0 heterocycles. The van der Waals surface area contributed by atoms with Gasteiger partial charge >= 0.3 is 0 Å². The summed E-state index contributed by atoms with van der Waals surface area (Å²) in [5.41, 5.74) is 3.19. The topological polar surface area (TPSA) is 3.24 Å². The molecule has 0 saturated carbocycles. The van der Waals surface area contributed by atoms with E-state index in [1.807, 2.05) is 66.7 Å². The summed E-state index contributed by atoms with van der Waals surface area (Å²) in [5.74, 6) is 9.48. The second-order valence-corrected chi connectivity index (χ2v) is 5.62. The van der Waals surface area contributed by atoms with Crippen LogP contribution in [0.5, 0.6) is 0 Å². The van der Waals surface area contributed by atoms with Crippen molar-refractivity contribution in [3.8, 4) is 24.2 Å². The number of benzene rings is 3. The van der Waals surface area contributed by atoms with Gasteiger partial charge in [-0.05, 0) is 29.8 Å². The standard InChI is InChI=1S/C24H19N/c1-2-20-25(23-16-10-5-11-17-23)24(22-14-8-4-9-15-22)19-18-21-12-6-3-7-13-21/h1,3-17,24H,20H2. The van der Waals surface area contributed by atoms with Crippen molar-refractivity contribution in [2.45, 2.75) is 6.04 Å². The Balaban J connectivity index is 2.04. The summed E-state index contributed by atoms with van der Waals surface area (Å²) in [6.45, 7) is 0.493. The highest BCUT2D eigenvalue weighted by atomic mass is 15.2. The molecule has 3 rings (SSSR count). The molecule has 3 aromatic rings. The largest absolute Gasteiger partial charge is 0.342 e. The van der Waals surface area contributed by atoms with Crippen LogP contribution in [-0.4, -0.2) is 6.54 Å². The lowest BCUT2D eigenvalue weighted by atomic mass is 10.0. The zero-order valence-electron chi connectivity index (χ0n) is 14.0. The Bertz CT molecular complexity index is 881. The lowest BCUT2D eigenvalue weighted by Crippen LogP contribution is -2.28. The number of hydrogen-bond acceptors (Lipinski definition) is 1. The number of anilines is 1. The van der Waals surface area contributed by atoms with Crippen LogP contribution in [0.3, 0.4) is 0 Å². The molecule has 1 unspecified atom stereocenters. The van der Waals surface area contributed by atoms with Crippen molar-refractivity contribution in [3.63, 3.8) is 0 Å². The minimum absolute atomic E-state index is 0.111. The molecule has 0 fully saturated rings. The molecule has 1 atom stereocenters. The predicted molar refractivity (Wildman–Crippen MR) is 105 cm³/mol. The molecule has 25 heavy (non-hydrogen) atoms. The summed E-state index contributed by atoms with van der Waals surface area (Å²) in [5, 5.41) is 0. The average molecular weight is 321 g/mol. The van der Waals surface area contributed by atoms with Crippen LogP contribution in [0.25, 0.3) is 0 Å². The fourth-order valence-electron chi connectivity index (χ4n) is 2.70. The summed E-state index contributed by atoms with van der Waals surface area (Å²) in [7, 11) is 0. The molecule has 0 aliphatic carbocycles. The molecule has 0 aliphatic heterocycles. The summed E-state index contributed by atoms with van der Waals surface area (Å²) >= 11 is 0. The molecule has 0 aromatic heterocycles. The summed E-state index contributed by atoms with van der Waals surface area (Å²) in [6, 6.07) is 30.4. The Morgan fingerprint density at radius 1 is 0.760 bits per heavy atom. The molecule has 0 saturated heterocycles. The highest BCUT2D eigenvalue weighted by Crippen LogP contribution is 2.26. The van der Waals surface area contributed by atoms with Crippen LogP contribution in [-0.2, 0) is 0 Å². The molecule has 0 N–H and O–H groups in total. The second kappa shape index (κ2) is 8.44. The zero-order chi connectivity index (χ0) is 17.3. The lowest BCUT2D eigenvalue weighted by molar-refractivity contribution is 0.800. The van der Waals surface area contributed by atoms with Crippen LogP contribution < -0.4 is 4.90 Å². The van der Waals surface area contributed by atoms with Gasteiger partial charge in [0, 0.05) is 11.3 Å². The SMILES string of the molecule is C#CCN(c1ccccc1)C(C#Cc1ccccc1)c1ccccc1. The first-order chi connectivity index (χ1) is 12.4. The summed E-state index contributed by atoms with van der Waals surface area (Å²) in [6.07, 6.45) is 5.65. The van der Waals surface area contributed by atoms with Crippen molar-refractivity contribution in [2.75, 3.05) is 11.4 Å². The fourth-order valence-corrected chi connectivity index (χ4v) is 2.70. The fraction of sp³-hybridized carbons (Fsp3) is 0.0833. The predicted octanol–water partition coefficient (Wildman–Crippen LogP) is 4.92. The van der Waals surface area contributed by atoms with Gasteiger partial charge in [-0.3, -0.25) is 0 Å². The van der Waals surface area contributed by atoms with Crippen molar-refractivity contribution in [2.24, 2.45) is 0 Å². The average Bonchev–Trinajstić information content (AvgIpc) is 2.69. The van der Waals surface area contributed by atoms with Crippen LogP contribution in [0.15, 0.2) is 91.0 Å². The van der Waals surface area contributed by atoms with Crippen LogP contribution in [0.2, 0.25) is 0 Å². The number of hydrogen-bond donors (Lipinski definition) is 0. The van der Waals surface area contributed by atoms with Gasteiger partial charge in [0.2, 0.25) is 0 Å². The first-order valence-electron chi connectivity index (χ1n) is 8.25. The maximum Gasteiger partial charge on any atom is 0.117 e. The molecule has 0 amide bonds. The minimum atomic E-state index is -0.111. The Morgan fingerprint density at radius 2 is 1.32 bits per heavy atom. The number of terminal acetylenes is 1. The van der Waals surface area contributed by atoms with Crippen molar-refractivity contribution in [1.29, 1.82) is 0 Å². The third-order valence-corrected chi connectivity index (χ3v) is 3.90. The van der Waals surface area contributed by atoms with E-state index in [-0.39, 0.29) is 6.04 Å². The highest BCUT2D eigenvalue weighted by Gasteiger charge is 2.18. The van der Waals surface area contributed by atoms with Crippen molar-refractivity contribution in [3.05, 3.63) is 102 Å². The summed E-state index contributed by atoms with van der Waals surface area (Å²) in [4.78, 5) is 2.16. The molecule has 0 spiro atoms. The van der Waals surface area contributed by atoms with Crippen LogP contribution in [0.1, 0.15) is 17.2 Å². The van der Waals surface area contributed by atoms with Gasteiger partial charge in [0.15, 0.2) is 0 Å². The second-order valence-electron chi connectivity index (χ2n) is 5.62. The maximum atomic E-state index is 5.65. The monoisotopic (exact) mass is 321 g/mol. The Kier molecular flexibility index (Phi) is 5.55. The van der Waals surface area contributed by atoms with E-state index >= 15 is 0 Å². The van der Waals surface area contributed by atoms with E-state index in [9.17, 15) is 0 Å². The molecule has 1 heteroatoms. The highest BCUT2D eigenvalue weighted by molar-refractivity contribution is 5.53. The number of para-hydroxylation sites is 1. The Morgan fingerprint density at radius 3 is 1.92 bits per heavy atom. The first-order valence-corrected chi connectivity index (χ1v) is 8.25. The summed E-state index contributed by atoms with van der Waals surface area (Å²) < 4.78 is 0. The minimum Gasteiger partial charge on any atom is -0.342 e. The van der Waals surface area contributed by atoms with E-state index in [2.05, 4.69) is 46.9 Å². The van der Waals surface area contributed by atoms with Crippen molar-refractivity contribution >= 4 is 5.69 Å². The third kappa shape index (κ3) is 4.31. The van der Waals surface area contributed by atoms with E-state index in [1.54, 1.807) is 0 Å². The maximum absolute atomic E-state index is 5.65. The van der Waals surface area contributed by atoms with Crippen LogP contribution in [0, 0.1) is 24.2 Å². The normalized spacial score (nSPS) is 10.8. The number of nitrogens with zero attached hydrogens (tertiary/aromatic N) is 1. The molecule has 0 radical (unpaired) electrons. The molecular weight excluding hydrogens is 302 g/mol. The molecular formula is C24H19N. The van der Waals surface area contributed by atoms with E-state index in [4.69, 9.17) is 6.42 Å². The lowest BCUT2D eigenvalue weighted by Gasteiger charge is -2.29. The first kappa shape index (κ1) is 16.4. The van der Waals surface area contributed by atoms with Gasteiger partial charge in [-0.2, -0.15) is 0 Å². The third-order valence-electron chi connectivity index (χ3n) is 3.90. The van der Waals surface area contributed by atoms with Gasteiger partial charge in [0.05, 0.1) is 6.54 Å². The molecule has 3 aromatic carbocycles. The smallest absolute Gasteiger partial charge is 0.117 e. The van der Waals surface area contributed by atoms with Gasteiger partial charge in [0.25, 0.3) is 0 Å². The van der Waals surface area contributed by atoms with Crippen molar-refractivity contribution in [1.82, 2.24) is 0 Å². The van der Waals surface area contributed by atoms with E-state index in [1.165, 1.54) is 0 Å². The van der Waals surface area contributed by atoms with Gasteiger partial charge in [-0.15, -0.1) is 6.42 Å². The van der Waals surface area contributed by atoms with Crippen molar-refractivity contribution < 1.29 is 0 Å². The molecule has 0 bridgehead atoms. The molecule has 1 nitrogen and oxygen atoms in total. The van der Waals surface area contributed by atoms with Crippen LogP contribution in [0.4, 0.5) is 5.69 Å². The molecule has 0 aliphatic rings. The van der Waals surface area contributed by atoms with E-state index in [0.29, 0.717) is 6.54 Å². The van der Waals surface area contributed by atoms with Gasteiger partial charge < -0.3 is 4.90 Å². The van der Waals surface area contributed by atoms with Gasteiger partial charge in [-0.1, -0.05) is 84.5 Å². The van der Waals surface area contributed by atoms with Gasteiger partial charge in [-0.25, -0.2) is 0 Å². The molecule has 120 valence electrons. The Hall–Kier alpha value is -3.42.